The zero-order valence-electron chi connectivity index (χ0n) is 5.86. The van der Waals surface area contributed by atoms with Crippen molar-refractivity contribution in [3.05, 3.63) is 0 Å². The van der Waals surface area contributed by atoms with Gasteiger partial charge in [-0.25, -0.2) is 13.1 Å². The fourth-order valence-electron chi connectivity index (χ4n) is 0.306. The molecule has 8 heteroatoms. The van der Waals surface area contributed by atoms with E-state index in [1.807, 2.05) is 4.72 Å². The molecule has 0 aliphatic rings. The minimum absolute atomic E-state index is 0.445. The molecule has 0 aromatic carbocycles. The third kappa shape index (κ3) is 4.60. The van der Waals surface area contributed by atoms with Crippen LogP contribution in [-0.4, -0.2) is 36.7 Å². The van der Waals surface area contributed by atoms with E-state index in [0.29, 0.717) is 0 Å². The van der Waals surface area contributed by atoms with E-state index in [4.69, 9.17) is 21.6 Å². The predicted octanol–water partition coefficient (Wildman–Crippen LogP) is -1.50. The van der Waals surface area contributed by atoms with Crippen molar-refractivity contribution in [2.24, 2.45) is 0 Å². The van der Waals surface area contributed by atoms with Crippen LogP contribution in [0.5, 0.6) is 0 Å². The highest BCUT2D eigenvalue weighted by Gasteiger charge is 2.19. The molecule has 1 unspecified atom stereocenters. The minimum Gasteiger partial charge on any atom is -0.426 e. The summed E-state index contributed by atoms with van der Waals surface area (Å²) in [5.41, 5.74) is 0. The number of rotatable bonds is 4. The van der Waals surface area contributed by atoms with Crippen LogP contribution in [0.1, 0.15) is 6.92 Å². The van der Waals surface area contributed by atoms with Gasteiger partial charge in [-0.1, -0.05) is 0 Å². The molecule has 0 radical (unpaired) electrons. The maximum Gasteiger partial charge on any atom is 0.467 e. The molecule has 0 bridgehead atoms. The molecule has 0 aromatic rings. The molecule has 0 heterocycles. The van der Waals surface area contributed by atoms with Crippen LogP contribution in [0, 0.1) is 0 Å². The Morgan fingerprint density at radius 1 is 1.64 bits per heavy atom. The standard InChI is InChI=1S/C3H9BClNO4S/c1-3(5)11(9,10)6-2-4(7)8/h3,6-8H,2H2,1H3. The Kier molecular flexibility index (Phi) is 4.34. The van der Waals surface area contributed by atoms with Crippen molar-refractivity contribution in [3.63, 3.8) is 0 Å². The van der Waals surface area contributed by atoms with E-state index >= 15 is 0 Å². The minimum atomic E-state index is -3.60. The topological polar surface area (TPSA) is 86.6 Å². The SMILES string of the molecule is CC(Cl)S(=O)(=O)NCB(O)O. The van der Waals surface area contributed by atoms with Gasteiger partial charge in [0.25, 0.3) is 0 Å². The van der Waals surface area contributed by atoms with E-state index in [1.165, 1.54) is 6.92 Å². The monoisotopic (exact) mass is 201 g/mol. The van der Waals surface area contributed by atoms with Gasteiger partial charge in [-0.3, -0.25) is 0 Å². The predicted molar refractivity (Wildman–Crippen MR) is 42.4 cm³/mol. The average Bonchev–Trinajstić information content (AvgIpc) is 1.84. The van der Waals surface area contributed by atoms with Crippen molar-refractivity contribution in [1.82, 2.24) is 4.72 Å². The van der Waals surface area contributed by atoms with Gasteiger partial charge in [0.2, 0.25) is 10.0 Å². The van der Waals surface area contributed by atoms with Crippen LogP contribution in [0.4, 0.5) is 0 Å². The van der Waals surface area contributed by atoms with E-state index in [0.717, 1.165) is 0 Å². The average molecular weight is 201 g/mol. The maximum atomic E-state index is 10.8. The zero-order chi connectivity index (χ0) is 9.07. The van der Waals surface area contributed by atoms with Crippen LogP contribution in [0.3, 0.4) is 0 Å². The highest BCUT2D eigenvalue weighted by Crippen LogP contribution is 2.01. The molecule has 0 spiro atoms. The fraction of sp³-hybridized carbons (Fsp3) is 1.00. The Morgan fingerprint density at radius 2 is 2.09 bits per heavy atom. The molecule has 0 rings (SSSR count). The van der Waals surface area contributed by atoms with Gasteiger partial charge in [0, 0.05) is 6.44 Å². The molecule has 3 N–H and O–H groups in total. The molecule has 66 valence electrons. The molecule has 0 aliphatic carbocycles. The molecular formula is C3H9BClNO4S. The van der Waals surface area contributed by atoms with Crippen molar-refractivity contribution in [1.29, 1.82) is 0 Å². The third-order valence-corrected chi connectivity index (χ3v) is 3.02. The van der Waals surface area contributed by atoms with Crippen LogP contribution in [0.2, 0.25) is 0 Å². The first kappa shape index (κ1) is 11.2. The quantitative estimate of drug-likeness (QED) is 0.382. The summed E-state index contributed by atoms with van der Waals surface area (Å²) in [6.45, 7) is 1.27. The number of alkyl halides is 1. The molecule has 5 nitrogen and oxygen atoms in total. The molecule has 0 amide bonds. The number of sulfonamides is 1. The summed E-state index contributed by atoms with van der Waals surface area (Å²) >= 11 is 5.24. The molecule has 11 heavy (non-hydrogen) atoms. The Labute approximate surface area is 70.6 Å². The van der Waals surface area contributed by atoms with E-state index in [-0.39, 0.29) is 0 Å². The van der Waals surface area contributed by atoms with E-state index in [2.05, 4.69) is 0 Å². The summed E-state index contributed by atoms with van der Waals surface area (Å²) in [6.07, 6.45) is -0.445. The zero-order valence-corrected chi connectivity index (χ0v) is 7.43. The Bertz CT molecular complexity index is 203. The first-order chi connectivity index (χ1) is 4.86. The van der Waals surface area contributed by atoms with E-state index in [9.17, 15) is 8.42 Å². The largest absolute Gasteiger partial charge is 0.467 e. The summed E-state index contributed by atoms with van der Waals surface area (Å²) in [6, 6.07) is 0. The Morgan fingerprint density at radius 3 is 2.36 bits per heavy atom. The highest BCUT2D eigenvalue weighted by molar-refractivity contribution is 7.91. The van der Waals surface area contributed by atoms with Crippen molar-refractivity contribution in [3.8, 4) is 0 Å². The van der Waals surface area contributed by atoms with Gasteiger partial charge in [-0.05, 0) is 6.92 Å². The number of nitrogens with one attached hydrogen (secondary N) is 1. The summed E-state index contributed by atoms with van der Waals surface area (Å²) < 4.78 is 22.4. The molecule has 1 atom stereocenters. The van der Waals surface area contributed by atoms with Gasteiger partial charge in [0.15, 0.2) is 0 Å². The third-order valence-electron chi connectivity index (χ3n) is 0.895. The van der Waals surface area contributed by atoms with Crippen molar-refractivity contribution < 1.29 is 18.5 Å². The maximum absolute atomic E-state index is 10.8. The smallest absolute Gasteiger partial charge is 0.426 e. The molecular weight excluding hydrogens is 192 g/mol. The lowest BCUT2D eigenvalue weighted by Crippen LogP contribution is -2.37. The second-order valence-electron chi connectivity index (χ2n) is 1.92. The van der Waals surface area contributed by atoms with Crippen LogP contribution in [-0.2, 0) is 10.0 Å². The van der Waals surface area contributed by atoms with Crippen molar-refractivity contribution in [2.75, 3.05) is 6.44 Å². The summed E-state index contributed by atoms with van der Waals surface area (Å²) in [4.78, 5) is 0. The summed E-state index contributed by atoms with van der Waals surface area (Å²) in [5, 5.41) is 16.6. The lowest BCUT2D eigenvalue weighted by molar-refractivity contribution is 0.404. The Balaban J connectivity index is 3.95. The lowest BCUT2D eigenvalue weighted by Gasteiger charge is -2.06. The van der Waals surface area contributed by atoms with Crippen molar-refractivity contribution >= 4 is 28.7 Å². The summed E-state index contributed by atoms with van der Waals surface area (Å²) in [5.74, 6) is 0. The van der Waals surface area contributed by atoms with E-state index < -0.39 is 28.3 Å². The molecule has 0 aromatic heterocycles. The first-order valence-corrected chi connectivity index (χ1v) is 4.83. The molecule has 0 aliphatic heterocycles. The second kappa shape index (κ2) is 4.27. The molecule has 0 saturated heterocycles. The normalized spacial score (nSPS) is 14.5. The van der Waals surface area contributed by atoms with Crippen LogP contribution >= 0.6 is 11.6 Å². The van der Waals surface area contributed by atoms with Gasteiger partial charge in [-0.15, -0.1) is 11.6 Å². The van der Waals surface area contributed by atoms with E-state index in [1.54, 1.807) is 0 Å². The van der Waals surface area contributed by atoms with Crippen LogP contribution in [0.25, 0.3) is 0 Å². The number of hydrogen-bond acceptors (Lipinski definition) is 4. The molecule has 0 fully saturated rings. The highest BCUT2D eigenvalue weighted by atomic mass is 35.5. The fourth-order valence-corrected chi connectivity index (χ4v) is 1.11. The molecule has 0 saturated carbocycles. The number of hydrogen-bond donors (Lipinski definition) is 3. The van der Waals surface area contributed by atoms with Crippen LogP contribution in [0.15, 0.2) is 0 Å². The van der Waals surface area contributed by atoms with Crippen molar-refractivity contribution in [2.45, 2.75) is 11.6 Å². The van der Waals surface area contributed by atoms with Gasteiger partial charge >= 0.3 is 7.12 Å². The summed E-state index contributed by atoms with van der Waals surface area (Å²) in [7, 11) is -5.29. The van der Waals surface area contributed by atoms with Gasteiger partial charge in [-0.2, -0.15) is 0 Å². The van der Waals surface area contributed by atoms with Gasteiger partial charge in [0.1, 0.15) is 4.71 Å². The lowest BCUT2D eigenvalue weighted by atomic mass is 9.94. The van der Waals surface area contributed by atoms with Crippen LogP contribution < -0.4 is 4.72 Å². The van der Waals surface area contributed by atoms with Gasteiger partial charge < -0.3 is 10.0 Å². The second-order valence-corrected chi connectivity index (χ2v) is 4.92. The first-order valence-electron chi connectivity index (χ1n) is 2.85. The van der Waals surface area contributed by atoms with Gasteiger partial charge in [0.05, 0.1) is 0 Å². The Hall–Kier alpha value is 0.185. The number of halogens is 1.